The van der Waals surface area contributed by atoms with Crippen molar-refractivity contribution < 1.29 is 4.79 Å². The summed E-state index contributed by atoms with van der Waals surface area (Å²) < 4.78 is 0. The van der Waals surface area contributed by atoms with Crippen LogP contribution in [0.25, 0.3) is 22.2 Å². The van der Waals surface area contributed by atoms with E-state index in [1.165, 1.54) is 0 Å². The maximum Gasteiger partial charge on any atom is 0.194 e. The molecule has 81 valence electrons. The van der Waals surface area contributed by atoms with E-state index in [0.29, 0.717) is 0 Å². The molecule has 0 fully saturated rings. The van der Waals surface area contributed by atoms with Crippen LogP contribution in [0.1, 0.15) is 15.9 Å². The molecule has 0 saturated carbocycles. The molecule has 1 aliphatic carbocycles. The standard InChI is InChI=1S/C14H8N2O.K/c17-14-9-5-2-1-4-8(9)13-12-10(14)6-3-7-11(12)15-16-13;/h1-7H,(H,15,16);. The topological polar surface area (TPSA) is 45.8 Å². The van der Waals surface area contributed by atoms with Gasteiger partial charge < -0.3 is 0 Å². The second kappa shape index (κ2) is 4.40. The molecule has 0 amide bonds. The van der Waals surface area contributed by atoms with Crippen molar-refractivity contribution in [3.05, 3.63) is 53.6 Å². The van der Waals surface area contributed by atoms with Gasteiger partial charge >= 0.3 is 0 Å². The number of H-pyrrole nitrogens is 1. The predicted octanol–water partition coefficient (Wildman–Crippen LogP) is 2.39. The van der Waals surface area contributed by atoms with E-state index < -0.39 is 0 Å². The number of nitrogens with one attached hydrogen (secondary N) is 1. The molecule has 3 nitrogen and oxygen atoms in total. The molecule has 1 radical (unpaired) electrons. The Morgan fingerprint density at radius 3 is 2.44 bits per heavy atom. The largest absolute Gasteiger partial charge is 0.289 e. The first-order valence-corrected chi connectivity index (χ1v) is 5.47. The molecule has 0 aliphatic heterocycles. The molecule has 1 aliphatic rings. The minimum Gasteiger partial charge on any atom is -0.289 e. The van der Waals surface area contributed by atoms with Gasteiger partial charge in [0.15, 0.2) is 5.78 Å². The van der Waals surface area contributed by atoms with E-state index in [0.717, 1.165) is 33.3 Å². The Morgan fingerprint density at radius 2 is 1.61 bits per heavy atom. The van der Waals surface area contributed by atoms with Gasteiger partial charge in [-0.15, -0.1) is 0 Å². The van der Waals surface area contributed by atoms with Crippen LogP contribution >= 0.6 is 0 Å². The fourth-order valence-electron chi connectivity index (χ4n) is 2.49. The summed E-state index contributed by atoms with van der Waals surface area (Å²) in [6.07, 6.45) is 0. The molecule has 1 aromatic heterocycles. The Bertz CT molecular complexity index is 776. The van der Waals surface area contributed by atoms with E-state index in [4.69, 9.17) is 0 Å². The molecule has 0 atom stereocenters. The zero-order valence-corrected chi connectivity index (χ0v) is 13.0. The van der Waals surface area contributed by atoms with Crippen molar-refractivity contribution in [2.24, 2.45) is 0 Å². The van der Waals surface area contributed by atoms with Gasteiger partial charge in [-0.25, -0.2) is 0 Å². The number of hydrogen-bond acceptors (Lipinski definition) is 2. The number of aromatic nitrogens is 2. The summed E-state index contributed by atoms with van der Waals surface area (Å²) in [4.78, 5) is 12.4. The van der Waals surface area contributed by atoms with Crippen LogP contribution < -0.4 is 0 Å². The van der Waals surface area contributed by atoms with Gasteiger partial charge in [0.05, 0.1) is 5.52 Å². The molecular weight excluding hydrogens is 251 g/mol. The van der Waals surface area contributed by atoms with Crippen molar-refractivity contribution in [1.29, 1.82) is 0 Å². The third-order valence-electron chi connectivity index (χ3n) is 3.26. The summed E-state index contributed by atoms with van der Waals surface area (Å²) in [7, 11) is 0. The van der Waals surface area contributed by atoms with Crippen LogP contribution in [0.15, 0.2) is 42.5 Å². The molecule has 0 bridgehead atoms. The van der Waals surface area contributed by atoms with Gasteiger partial charge in [-0.05, 0) is 6.07 Å². The normalized spacial score (nSPS) is 12.1. The zero-order chi connectivity index (χ0) is 11.4. The van der Waals surface area contributed by atoms with Crippen LogP contribution in [0.3, 0.4) is 0 Å². The number of nitrogens with zero attached hydrogens (tertiary/aromatic N) is 1. The van der Waals surface area contributed by atoms with E-state index in [2.05, 4.69) is 10.2 Å². The van der Waals surface area contributed by atoms with Crippen LogP contribution in [-0.2, 0) is 0 Å². The fraction of sp³-hybridized carbons (Fsp3) is 0. The molecule has 1 heterocycles. The maximum atomic E-state index is 12.4. The van der Waals surface area contributed by atoms with Crippen LogP contribution in [-0.4, -0.2) is 67.4 Å². The second-order valence-electron chi connectivity index (χ2n) is 4.18. The number of benzene rings is 2. The van der Waals surface area contributed by atoms with E-state index in [1.807, 2.05) is 42.5 Å². The molecule has 0 saturated heterocycles. The molecule has 4 rings (SSSR count). The smallest absolute Gasteiger partial charge is 0.194 e. The van der Waals surface area contributed by atoms with Gasteiger partial charge in [-0.2, -0.15) is 5.10 Å². The molecule has 0 spiro atoms. The van der Waals surface area contributed by atoms with Crippen LogP contribution in [0, 0.1) is 0 Å². The third kappa shape index (κ3) is 1.50. The summed E-state index contributed by atoms with van der Waals surface area (Å²) in [6, 6.07) is 13.3. The molecule has 3 aromatic rings. The van der Waals surface area contributed by atoms with Crippen LogP contribution in [0.5, 0.6) is 0 Å². The summed E-state index contributed by atoms with van der Waals surface area (Å²) in [6.45, 7) is 0. The fourth-order valence-corrected chi connectivity index (χ4v) is 2.49. The van der Waals surface area contributed by atoms with Gasteiger partial charge in [-0.1, -0.05) is 36.4 Å². The summed E-state index contributed by atoms with van der Waals surface area (Å²) in [5, 5.41) is 8.24. The van der Waals surface area contributed by atoms with Gasteiger partial charge in [-0.3, -0.25) is 9.89 Å². The second-order valence-corrected chi connectivity index (χ2v) is 4.18. The Kier molecular flexibility index (Phi) is 3.00. The van der Waals surface area contributed by atoms with Gasteiger partial charge in [0.25, 0.3) is 0 Å². The number of aromatic amines is 1. The Morgan fingerprint density at radius 1 is 0.889 bits per heavy atom. The number of rotatable bonds is 0. The van der Waals surface area contributed by atoms with Gasteiger partial charge in [0.2, 0.25) is 0 Å². The Labute approximate surface area is 146 Å². The quantitative estimate of drug-likeness (QED) is 0.493. The van der Waals surface area contributed by atoms with E-state index in [9.17, 15) is 4.79 Å². The van der Waals surface area contributed by atoms with Gasteiger partial charge in [0, 0.05) is 73.5 Å². The summed E-state index contributed by atoms with van der Waals surface area (Å²) in [5.74, 6) is 0.0834. The number of fused-ring (bicyclic) bond motifs is 2. The average Bonchev–Trinajstić information content (AvgIpc) is 2.81. The first-order valence-electron chi connectivity index (χ1n) is 5.47. The molecular formula is C14H8KN2O. The van der Waals surface area contributed by atoms with Crippen molar-refractivity contribution in [3.8, 4) is 11.3 Å². The van der Waals surface area contributed by atoms with Crippen molar-refractivity contribution in [3.63, 3.8) is 0 Å². The molecule has 0 unspecified atom stereocenters. The van der Waals surface area contributed by atoms with Gasteiger partial charge in [0.1, 0.15) is 5.69 Å². The number of hydrogen-bond donors (Lipinski definition) is 1. The Hall–Kier alpha value is -0.784. The SMILES string of the molecule is O=C1c2ccccc2-c2n[nH]c3cccc1c23.[K]. The molecule has 1 N–H and O–H groups in total. The Balaban J connectivity index is 0.000001000. The average molecular weight is 259 g/mol. The minimum atomic E-state index is 0. The molecule has 2 aromatic carbocycles. The van der Waals surface area contributed by atoms with Crippen LogP contribution in [0.4, 0.5) is 0 Å². The number of carbonyl (C=O) groups is 1. The number of ketones is 1. The predicted molar refractivity (Wildman–Crippen MR) is 70.7 cm³/mol. The van der Waals surface area contributed by atoms with Crippen molar-refractivity contribution in [2.75, 3.05) is 0 Å². The minimum absolute atomic E-state index is 0. The van der Waals surface area contributed by atoms with E-state index >= 15 is 0 Å². The van der Waals surface area contributed by atoms with Crippen molar-refractivity contribution in [1.82, 2.24) is 10.2 Å². The van der Waals surface area contributed by atoms with E-state index in [1.54, 1.807) is 0 Å². The maximum absolute atomic E-state index is 12.4. The molecule has 18 heavy (non-hydrogen) atoms. The number of carbonyl (C=O) groups excluding carboxylic acids is 1. The van der Waals surface area contributed by atoms with Crippen LogP contribution in [0.2, 0.25) is 0 Å². The van der Waals surface area contributed by atoms with E-state index in [-0.39, 0.29) is 57.2 Å². The molecule has 4 heteroatoms. The van der Waals surface area contributed by atoms with Crippen molar-refractivity contribution in [2.45, 2.75) is 0 Å². The first kappa shape index (κ1) is 12.3. The van der Waals surface area contributed by atoms with Crippen molar-refractivity contribution >= 4 is 68.1 Å². The summed E-state index contributed by atoms with van der Waals surface area (Å²) in [5.41, 5.74) is 4.19. The zero-order valence-electron chi connectivity index (χ0n) is 9.90. The third-order valence-corrected chi connectivity index (χ3v) is 3.26. The first-order chi connectivity index (χ1) is 8.36. The summed E-state index contributed by atoms with van der Waals surface area (Å²) >= 11 is 0. The monoisotopic (exact) mass is 259 g/mol.